The number of nitro groups is 1. The molecule has 1 aromatic heterocycles. The number of carbonyl (C=O) groups excluding carboxylic acids is 1. The molecular weight excluding hydrogens is 460 g/mol. The molecule has 1 heterocycles. The molecule has 32 heavy (non-hydrogen) atoms. The highest BCUT2D eigenvalue weighted by Gasteiger charge is 2.33. The molecule has 0 aliphatic heterocycles. The highest BCUT2D eigenvalue weighted by molar-refractivity contribution is 6.31. The zero-order chi connectivity index (χ0) is 23.5. The zero-order valence-electron chi connectivity index (χ0n) is 15.6. The van der Waals surface area contributed by atoms with E-state index in [1.165, 1.54) is 18.2 Å². The maximum absolute atomic E-state index is 13.7. The monoisotopic (exact) mass is 470 g/mol. The number of carbonyl (C=O) groups is 1. The van der Waals surface area contributed by atoms with Crippen LogP contribution in [0.15, 0.2) is 48.8 Å². The minimum atomic E-state index is -4.75. The standard InChI is InChI=1S/C18H11ClF4N6O3/c19-12-6-5-9(7-11(12)18(21,22)23)26-15-14(29(31)32)16(25-8-24-15)27-28-17(30)10-3-1-2-4-13(10)20/h1-8H,(H,28,30)(H2,24,25,26,27). The Morgan fingerprint density at radius 3 is 2.44 bits per heavy atom. The first-order valence-corrected chi connectivity index (χ1v) is 8.89. The molecule has 1 amide bonds. The van der Waals surface area contributed by atoms with Gasteiger partial charge >= 0.3 is 11.9 Å². The second-order valence-electron chi connectivity index (χ2n) is 6.05. The van der Waals surface area contributed by atoms with Crippen molar-refractivity contribution in [1.29, 1.82) is 0 Å². The quantitative estimate of drug-likeness (QED) is 0.271. The summed E-state index contributed by atoms with van der Waals surface area (Å²) in [6.45, 7) is 0. The van der Waals surface area contributed by atoms with Crippen LogP contribution in [0.3, 0.4) is 0 Å². The molecule has 0 bridgehead atoms. The second kappa shape index (κ2) is 9.01. The first-order chi connectivity index (χ1) is 15.1. The topological polar surface area (TPSA) is 122 Å². The van der Waals surface area contributed by atoms with Crippen LogP contribution in [-0.2, 0) is 6.18 Å². The van der Waals surface area contributed by atoms with Crippen molar-refractivity contribution in [3.05, 3.63) is 80.9 Å². The van der Waals surface area contributed by atoms with E-state index >= 15 is 0 Å². The lowest BCUT2D eigenvalue weighted by Gasteiger charge is -2.13. The van der Waals surface area contributed by atoms with E-state index in [4.69, 9.17) is 11.6 Å². The molecule has 0 fully saturated rings. The van der Waals surface area contributed by atoms with E-state index in [9.17, 15) is 32.5 Å². The Kier molecular flexibility index (Phi) is 6.39. The number of nitrogens with one attached hydrogen (secondary N) is 3. The fourth-order valence-corrected chi connectivity index (χ4v) is 2.74. The highest BCUT2D eigenvalue weighted by atomic mass is 35.5. The van der Waals surface area contributed by atoms with Gasteiger partial charge in [0, 0.05) is 5.69 Å². The summed E-state index contributed by atoms with van der Waals surface area (Å²) in [6.07, 6.45) is -3.89. The average molecular weight is 471 g/mol. The fraction of sp³-hybridized carbons (Fsp3) is 0.0556. The summed E-state index contributed by atoms with van der Waals surface area (Å²) >= 11 is 5.56. The number of nitrogens with zero attached hydrogens (tertiary/aromatic N) is 3. The van der Waals surface area contributed by atoms with Crippen molar-refractivity contribution in [2.45, 2.75) is 6.18 Å². The zero-order valence-corrected chi connectivity index (χ0v) is 16.3. The molecule has 0 atom stereocenters. The average Bonchev–Trinajstić information content (AvgIpc) is 2.72. The molecule has 0 radical (unpaired) electrons. The highest BCUT2D eigenvalue weighted by Crippen LogP contribution is 2.37. The number of hydrazine groups is 1. The molecule has 9 nitrogen and oxygen atoms in total. The van der Waals surface area contributed by atoms with E-state index < -0.39 is 50.7 Å². The maximum atomic E-state index is 13.7. The summed E-state index contributed by atoms with van der Waals surface area (Å²) < 4.78 is 52.9. The van der Waals surface area contributed by atoms with E-state index in [1.54, 1.807) is 0 Å². The molecule has 0 unspecified atom stereocenters. The van der Waals surface area contributed by atoms with Gasteiger partial charge in [-0.15, -0.1) is 0 Å². The Balaban J connectivity index is 1.88. The van der Waals surface area contributed by atoms with E-state index in [0.717, 1.165) is 24.5 Å². The van der Waals surface area contributed by atoms with Crippen LogP contribution in [0, 0.1) is 15.9 Å². The maximum Gasteiger partial charge on any atom is 0.417 e. The lowest BCUT2D eigenvalue weighted by atomic mass is 10.2. The number of halogens is 5. The molecule has 2 aromatic carbocycles. The van der Waals surface area contributed by atoms with Gasteiger partial charge in [-0.2, -0.15) is 13.2 Å². The van der Waals surface area contributed by atoms with Gasteiger partial charge in [-0.05, 0) is 30.3 Å². The van der Waals surface area contributed by atoms with Gasteiger partial charge in [0.15, 0.2) is 0 Å². The summed E-state index contributed by atoms with van der Waals surface area (Å²) in [5.74, 6) is -2.74. The number of aromatic nitrogens is 2. The van der Waals surface area contributed by atoms with Gasteiger partial charge in [-0.3, -0.25) is 25.8 Å². The van der Waals surface area contributed by atoms with Gasteiger partial charge in [0.1, 0.15) is 12.1 Å². The van der Waals surface area contributed by atoms with Crippen molar-refractivity contribution in [3.63, 3.8) is 0 Å². The minimum Gasteiger partial charge on any atom is -0.334 e. The SMILES string of the molecule is O=C(NNc1ncnc(Nc2ccc(Cl)c(C(F)(F)F)c2)c1[N+](=O)[O-])c1ccccc1F. The summed E-state index contributed by atoms with van der Waals surface area (Å²) in [6, 6.07) is 7.80. The van der Waals surface area contributed by atoms with Crippen molar-refractivity contribution in [2.75, 3.05) is 10.7 Å². The predicted octanol–water partition coefficient (Wildman–Crippen LogP) is 4.70. The van der Waals surface area contributed by atoms with Crippen molar-refractivity contribution < 1.29 is 27.3 Å². The van der Waals surface area contributed by atoms with Crippen molar-refractivity contribution in [1.82, 2.24) is 15.4 Å². The van der Waals surface area contributed by atoms with Crippen LogP contribution in [0.4, 0.5) is 40.6 Å². The van der Waals surface area contributed by atoms with E-state index in [1.807, 2.05) is 0 Å². The molecule has 0 saturated heterocycles. The Morgan fingerprint density at radius 2 is 1.78 bits per heavy atom. The first kappa shape index (κ1) is 22.7. The van der Waals surface area contributed by atoms with Crippen LogP contribution in [0.2, 0.25) is 5.02 Å². The number of hydrogen-bond donors (Lipinski definition) is 3. The lowest BCUT2D eigenvalue weighted by Crippen LogP contribution is -2.31. The fourth-order valence-electron chi connectivity index (χ4n) is 2.52. The number of rotatable bonds is 6. The van der Waals surface area contributed by atoms with Crippen molar-refractivity contribution in [2.24, 2.45) is 0 Å². The number of anilines is 3. The third kappa shape index (κ3) is 5.00. The molecule has 14 heteroatoms. The van der Waals surface area contributed by atoms with Gasteiger partial charge in [0.25, 0.3) is 5.91 Å². The molecule has 0 aliphatic rings. The molecule has 3 rings (SSSR count). The largest absolute Gasteiger partial charge is 0.417 e. The molecule has 0 spiro atoms. The summed E-state index contributed by atoms with van der Waals surface area (Å²) in [4.78, 5) is 30.1. The summed E-state index contributed by atoms with van der Waals surface area (Å²) in [5.41, 5.74) is 1.78. The summed E-state index contributed by atoms with van der Waals surface area (Å²) in [7, 11) is 0. The van der Waals surface area contributed by atoms with Crippen LogP contribution in [-0.4, -0.2) is 20.8 Å². The van der Waals surface area contributed by atoms with Crippen LogP contribution >= 0.6 is 11.6 Å². The first-order valence-electron chi connectivity index (χ1n) is 8.52. The van der Waals surface area contributed by atoms with Gasteiger partial charge in [0.2, 0.25) is 11.6 Å². The molecular formula is C18H11ClF4N6O3. The molecule has 3 N–H and O–H groups in total. The van der Waals surface area contributed by atoms with Crippen LogP contribution in [0.25, 0.3) is 0 Å². The smallest absolute Gasteiger partial charge is 0.334 e. The molecule has 3 aromatic rings. The van der Waals surface area contributed by atoms with E-state index in [-0.39, 0.29) is 11.3 Å². The number of alkyl halides is 3. The Hall–Kier alpha value is -4.00. The minimum absolute atomic E-state index is 0.190. The number of benzene rings is 2. The van der Waals surface area contributed by atoms with Crippen LogP contribution in [0.1, 0.15) is 15.9 Å². The van der Waals surface area contributed by atoms with Crippen LogP contribution in [0.5, 0.6) is 0 Å². The third-order valence-electron chi connectivity index (χ3n) is 3.95. The second-order valence-corrected chi connectivity index (χ2v) is 6.46. The van der Waals surface area contributed by atoms with E-state index in [0.29, 0.717) is 6.07 Å². The molecule has 0 saturated carbocycles. The van der Waals surface area contributed by atoms with Crippen LogP contribution < -0.4 is 16.2 Å². The van der Waals surface area contributed by atoms with Gasteiger partial charge in [0.05, 0.1) is 21.1 Å². The third-order valence-corrected chi connectivity index (χ3v) is 4.28. The van der Waals surface area contributed by atoms with Gasteiger partial charge < -0.3 is 5.32 Å². The van der Waals surface area contributed by atoms with Gasteiger partial charge in [-0.1, -0.05) is 23.7 Å². The number of amides is 1. The summed E-state index contributed by atoms with van der Waals surface area (Å²) in [5, 5.41) is 13.4. The number of hydrogen-bond acceptors (Lipinski definition) is 7. The lowest BCUT2D eigenvalue weighted by molar-refractivity contribution is -0.383. The predicted molar refractivity (Wildman–Crippen MR) is 106 cm³/mol. The molecule has 0 aliphatic carbocycles. The van der Waals surface area contributed by atoms with Crippen molar-refractivity contribution >= 4 is 40.5 Å². The Morgan fingerprint density at radius 1 is 1.09 bits per heavy atom. The Labute approximate surface area is 181 Å². The normalized spacial score (nSPS) is 11.0. The Bertz CT molecular complexity index is 1190. The molecule has 166 valence electrons. The van der Waals surface area contributed by atoms with Crippen molar-refractivity contribution in [3.8, 4) is 0 Å². The van der Waals surface area contributed by atoms with Gasteiger partial charge in [-0.25, -0.2) is 14.4 Å². The van der Waals surface area contributed by atoms with E-state index in [2.05, 4.69) is 26.1 Å².